The van der Waals surface area contributed by atoms with E-state index in [1.54, 1.807) is 12.3 Å². The van der Waals surface area contributed by atoms with Crippen molar-refractivity contribution in [1.82, 2.24) is 4.57 Å². The van der Waals surface area contributed by atoms with Crippen LogP contribution in [0.3, 0.4) is 0 Å². The molecule has 26 heavy (non-hydrogen) atoms. The molecule has 7 heteroatoms. The number of hydrogen-bond donors (Lipinski definition) is 0. The van der Waals surface area contributed by atoms with Crippen LogP contribution in [0.25, 0.3) is 5.69 Å². The quantitative estimate of drug-likeness (QED) is 0.367. The summed E-state index contributed by atoms with van der Waals surface area (Å²) in [6, 6.07) is 16.5. The zero-order valence-electron chi connectivity index (χ0n) is 14.3. The Kier molecular flexibility index (Phi) is 5.04. The molecular formula is C19H17ClN4O2. The van der Waals surface area contributed by atoms with Gasteiger partial charge in [0, 0.05) is 37.7 Å². The van der Waals surface area contributed by atoms with E-state index in [1.807, 2.05) is 66.2 Å². The Morgan fingerprint density at radius 3 is 2.54 bits per heavy atom. The number of hydrogen-bond acceptors (Lipinski definition) is 4. The number of nitrogens with zero attached hydrogens (tertiary/aromatic N) is 4. The van der Waals surface area contributed by atoms with Gasteiger partial charge in [-0.25, -0.2) is 0 Å². The molecule has 0 radical (unpaired) electrons. The van der Waals surface area contributed by atoms with Crippen LogP contribution in [-0.2, 0) is 0 Å². The van der Waals surface area contributed by atoms with Gasteiger partial charge in [0.15, 0.2) is 0 Å². The van der Waals surface area contributed by atoms with Gasteiger partial charge < -0.3 is 9.47 Å². The summed E-state index contributed by atoms with van der Waals surface area (Å²) in [5, 5.41) is 11.1. The number of anilines is 1. The van der Waals surface area contributed by atoms with Crippen LogP contribution in [0, 0.1) is 10.1 Å². The molecule has 3 aromatic rings. The second kappa shape index (κ2) is 7.41. The Balaban J connectivity index is 1.88. The van der Waals surface area contributed by atoms with Crippen LogP contribution in [0.1, 0.15) is 5.69 Å². The van der Waals surface area contributed by atoms with Crippen molar-refractivity contribution in [1.29, 1.82) is 0 Å². The molecule has 0 saturated carbocycles. The molecule has 132 valence electrons. The Labute approximate surface area is 156 Å². The Hall–Kier alpha value is -3.12. The first kappa shape index (κ1) is 17.7. The van der Waals surface area contributed by atoms with Gasteiger partial charge in [-0.1, -0.05) is 11.6 Å². The molecule has 2 aromatic carbocycles. The summed E-state index contributed by atoms with van der Waals surface area (Å²) in [6.07, 6.45) is 3.61. The van der Waals surface area contributed by atoms with Crippen molar-refractivity contribution in [3.05, 3.63) is 81.6 Å². The fourth-order valence-electron chi connectivity index (χ4n) is 2.51. The third-order valence-electron chi connectivity index (χ3n) is 3.90. The molecule has 3 rings (SSSR count). The minimum atomic E-state index is -0.518. The van der Waals surface area contributed by atoms with Gasteiger partial charge >= 0.3 is 0 Å². The van der Waals surface area contributed by atoms with Crippen molar-refractivity contribution in [2.45, 2.75) is 0 Å². The third kappa shape index (κ3) is 3.75. The number of nitro groups is 1. The van der Waals surface area contributed by atoms with E-state index < -0.39 is 4.92 Å². The zero-order chi connectivity index (χ0) is 18.7. The second-order valence-corrected chi connectivity index (χ2v) is 6.27. The summed E-state index contributed by atoms with van der Waals surface area (Å²) < 4.78 is 1.99. The van der Waals surface area contributed by atoms with Crippen LogP contribution in [0.4, 0.5) is 17.1 Å². The SMILES string of the molecule is CN(C)c1ccc(-n2cccc2C=Nc2ccc(Cl)c([N+](=O)[O-])c2)cc1. The summed E-state index contributed by atoms with van der Waals surface area (Å²) >= 11 is 5.83. The van der Waals surface area contributed by atoms with E-state index in [0.29, 0.717) is 5.69 Å². The van der Waals surface area contributed by atoms with Crippen molar-refractivity contribution < 1.29 is 4.92 Å². The third-order valence-corrected chi connectivity index (χ3v) is 4.22. The van der Waals surface area contributed by atoms with Gasteiger partial charge in [0.25, 0.3) is 5.69 Å². The molecule has 0 aliphatic rings. The van der Waals surface area contributed by atoms with Crippen LogP contribution in [0.5, 0.6) is 0 Å². The van der Waals surface area contributed by atoms with E-state index in [2.05, 4.69) is 4.99 Å². The number of aliphatic imine (C=N–C) groups is 1. The molecule has 0 bridgehead atoms. The number of benzene rings is 2. The molecule has 0 atom stereocenters. The van der Waals surface area contributed by atoms with Crippen molar-refractivity contribution >= 4 is 34.9 Å². The summed E-state index contributed by atoms with van der Waals surface area (Å²) in [5.41, 5.74) is 3.29. The molecule has 0 aliphatic heterocycles. The number of halogens is 1. The Morgan fingerprint density at radius 2 is 1.88 bits per heavy atom. The topological polar surface area (TPSA) is 63.7 Å². The van der Waals surface area contributed by atoms with Crippen molar-refractivity contribution in [3.63, 3.8) is 0 Å². The van der Waals surface area contributed by atoms with Gasteiger partial charge in [0.2, 0.25) is 0 Å². The lowest BCUT2D eigenvalue weighted by Crippen LogP contribution is -2.08. The van der Waals surface area contributed by atoms with Gasteiger partial charge in [0.05, 0.1) is 22.5 Å². The normalized spacial score (nSPS) is 11.0. The van der Waals surface area contributed by atoms with Gasteiger partial charge in [-0.15, -0.1) is 0 Å². The monoisotopic (exact) mass is 368 g/mol. The van der Waals surface area contributed by atoms with Crippen LogP contribution in [0.2, 0.25) is 5.02 Å². The Morgan fingerprint density at radius 1 is 1.15 bits per heavy atom. The summed E-state index contributed by atoms with van der Waals surface area (Å²) in [7, 11) is 3.99. The molecule has 6 nitrogen and oxygen atoms in total. The molecule has 1 heterocycles. The molecular weight excluding hydrogens is 352 g/mol. The minimum Gasteiger partial charge on any atom is -0.378 e. The van der Waals surface area contributed by atoms with E-state index in [9.17, 15) is 10.1 Å². The standard InChI is InChI=1S/C19H17ClN4O2/c1-22(2)15-6-8-16(9-7-15)23-11-3-4-17(23)13-21-14-5-10-18(20)19(12-14)24(25)26/h3-13H,1-2H3. The van der Waals surface area contributed by atoms with Crippen molar-refractivity contribution in [2.24, 2.45) is 4.99 Å². The van der Waals surface area contributed by atoms with Crippen LogP contribution >= 0.6 is 11.6 Å². The first-order chi connectivity index (χ1) is 12.5. The van der Waals surface area contributed by atoms with Gasteiger partial charge in [-0.2, -0.15) is 0 Å². The van der Waals surface area contributed by atoms with Crippen LogP contribution in [-0.4, -0.2) is 29.8 Å². The largest absolute Gasteiger partial charge is 0.378 e. The smallest absolute Gasteiger partial charge is 0.290 e. The molecule has 0 fully saturated rings. The average Bonchev–Trinajstić information content (AvgIpc) is 3.09. The van der Waals surface area contributed by atoms with Gasteiger partial charge in [-0.05, 0) is 48.5 Å². The number of rotatable bonds is 5. The lowest BCUT2D eigenvalue weighted by atomic mass is 10.2. The van der Waals surface area contributed by atoms with E-state index in [4.69, 9.17) is 11.6 Å². The molecule has 0 saturated heterocycles. The molecule has 0 spiro atoms. The summed E-state index contributed by atoms with van der Waals surface area (Å²) in [6.45, 7) is 0. The van der Waals surface area contributed by atoms with Crippen molar-refractivity contribution in [3.8, 4) is 5.69 Å². The predicted molar refractivity (Wildman–Crippen MR) is 105 cm³/mol. The maximum absolute atomic E-state index is 11.0. The van der Waals surface area contributed by atoms with E-state index in [1.165, 1.54) is 12.1 Å². The summed E-state index contributed by atoms with van der Waals surface area (Å²) in [5.74, 6) is 0. The van der Waals surface area contributed by atoms with E-state index in [-0.39, 0.29) is 10.7 Å². The number of aromatic nitrogens is 1. The fraction of sp³-hybridized carbons (Fsp3) is 0.105. The predicted octanol–water partition coefficient (Wildman–Crippen LogP) is 4.86. The average molecular weight is 369 g/mol. The van der Waals surface area contributed by atoms with E-state index >= 15 is 0 Å². The lowest BCUT2D eigenvalue weighted by Gasteiger charge is -2.13. The first-order valence-electron chi connectivity index (χ1n) is 7.89. The van der Waals surface area contributed by atoms with E-state index in [0.717, 1.165) is 17.1 Å². The number of nitro benzene ring substituents is 1. The molecule has 0 aliphatic carbocycles. The van der Waals surface area contributed by atoms with Gasteiger partial charge in [0.1, 0.15) is 5.02 Å². The van der Waals surface area contributed by atoms with Gasteiger partial charge in [-0.3, -0.25) is 15.1 Å². The highest BCUT2D eigenvalue weighted by Crippen LogP contribution is 2.28. The maximum Gasteiger partial charge on any atom is 0.290 e. The van der Waals surface area contributed by atoms with Crippen LogP contribution < -0.4 is 4.90 Å². The summed E-state index contributed by atoms with van der Waals surface area (Å²) in [4.78, 5) is 16.9. The molecule has 0 amide bonds. The second-order valence-electron chi connectivity index (χ2n) is 5.86. The molecule has 0 unspecified atom stereocenters. The van der Waals surface area contributed by atoms with Crippen LogP contribution in [0.15, 0.2) is 65.8 Å². The Bertz CT molecular complexity index is 962. The highest BCUT2D eigenvalue weighted by molar-refractivity contribution is 6.32. The van der Waals surface area contributed by atoms with Crippen molar-refractivity contribution in [2.75, 3.05) is 19.0 Å². The molecule has 0 N–H and O–H groups in total. The maximum atomic E-state index is 11.0. The fourth-order valence-corrected chi connectivity index (χ4v) is 2.69. The minimum absolute atomic E-state index is 0.0957. The highest BCUT2D eigenvalue weighted by Gasteiger charge is 2.12. The highest BCUT2D eigenvalue weighted by atomic mass is 35.5. The first-order valence-corrected chi connectivity index (χ1v) is 8.26. The lowest BCUT2D eigenvalue weighted by molar-refractivity contribution is -0.384. The molecule has 1 aromatic heterocycles. The zero-order valence-corrected chi connectivity index (χ0v) is 15.1.